The van der Waals surface area contributed by atoms with E-state index in [1.54, 1.807) is 13.8 Å². The van der Waals surface area contributed by atoms with E-state index in [0.29, 0.717) is 0 Å². The van der Waals surface area contributed by atoms with Gasteiger partial charge < -0.3 is 9.84 Å². The fraction of sp³-hybridized carbons (Fsp3) is 0.462. The molecule has 0 saturated carbocycles. The van der Waals surface area contributed by atoms with Gasteiger partial charge in [-0.25, -0.2) is 8.42 Å². The summed E-state index contributed by atoms with van der Waals surface area (Å²) in [4.78, 5) is 20.9. The molecule has 128 valence electrons. The lowest BCUT2D eigenvalue weighted by Gasteiger charge is -2.16. The van der Waals surface area contributed by atoms with E-state index in [-0.39, 0.29) is 18.1 Å². The van der Waals surface area contributed by atoms with Crippen molar-refractivity contribution >= 4 is 21.7 Å². The number of ether oxygens (including phenoxy) is 1. The van der Waals surface area contributed by atoms with Crippen molar-refractivity contribution in [2.24, 2.45) is 5.92 Å². The Hall–Kier alpha value is -2.20. The number of rotatable bonds is 8. The third kappa shape index (κ3) is 4.89. The number of nitrogens with zero attached hydrogens (tertiary/aromatic N) is 1. The first-order chi connectivity index (χ1) is 10.6. The number of sulfonamides is 1. The minimum atomic E-state index is -4.22. The summed E-state index contributed by atoms with van der Waals surface area (Å²) in [5.74, 6) is -1.46. The highest BCUT2D eigenvalue weighted by Gasteiger charge is 2.28. The predicted molar refractivity (Wildman–Crippen MR) is 80.8 cm³/mol. The summed E-state index contributed by atoms with van der Waals surface area (Å²) in [6.07, 6.45) is 0.0901. The number of nitro groups is 1. The van der Waals surface area contributed by atoms with Gasteiger partial charge in [0, 0.05) is 6.07 Å². The lowest BCUT2D eigenvalue weighted by molar-refractivity contribution is -0.386. The van der Waals surface area contributed by atoms with Crippen LogP contribution in [0.5, 0.6) is 5.75 Å². The Bertz CT molecular complexity index is 700. The van der Waals surface area contributed by atoms with Crippen LogP contribution in [-0.2, 0) is 14.8 Å². The van der Waals surface area contributed by atoms with Crippen molar-refractivity contribution in [2.45, 2.75) is 31.2 Å². The SMILES string of the molecule is COc1ccc(S(=O)(=O)N[C@H](CC(C)C)C(=O)O)cc1[N+](=O)[O-]. The van der Waals surface area contributed by atoms with Crippen LogP contribution >= 0.6 is 0 Å². The molecule has 1 aromatic carbocycles. The number of carboxylic acid groups (broad SMARTS) is 1. The molecule has 0 fully saturated rings. The predicted octanol–water partition coefficient (Wildman–Crippen LogP) is 1.38. The van der Waals surface area contributed by atoms with Gasteiger partial charge in [-0.15, -0.1) is 0 Å². The zero-order chi connectivity index (χ0) is 17.8. The first-order valence-corrected chi connectivity index (χ1v) is 8.14. The van der Waals surface area contributed by atoms with Crippen LogP contribution in [0.25, 0.3) is 0 Å². The molecule has 9 nitrogen and oxygen atoms in total. The Labute approximate surface area is 133 Å². The molecule has 0 aliphatic heterocycles. The highest BCUT2D eigenvalue weighted by molar-refractivity contribution is 7.89. The molecule has 0 heterocycles. The molecule has 1 aromatic rings. The first-order valence-electron chi connectivity index (χ1n) is 6.66. The van der Waals surface area contributed by atoms with Gasteiger partial charge >= 0.3 is 11.7 Å². The monoisotopic (exact) mass is 346 g/mol. The summed E-state index contributed by atoms with van der Waals surface area (Å²) in [7, 11) is -3.00. The first kappa shape index (κ1) is 18.8. The topological polar surface area (TPSA) is 136 Å². The van der Waals surface area contributed by atoms with Gasteiger partial charge in [0.05, 0.1) is 16.9 Å². The molecule has 0 amide bonds. The van der Waals surface area contributed by atoms with Crippen molar-refractivity contribution < 1.29 is 28.0 Å². The molecule has 0 saturated heterocycles. The fourth-order valence-electron chi connectivity index (χ4n) is 1.91. The molecule has 0 aromatic heterocycles. The van der Waals surface area contributed by atoms with Crippen LogP contribution in [-0.4, -0.2) is 37.6 Å². The van der Waals surface area contributed by atoms with Crippen LogP contribution in [0.1, 0.15) is 20.3 Å². The number of hydrogen-bond acceptors (Lipinski definition) is 6. The third-order valence-electron chi connectivity index (χ3n) is 2.96. The third-order valence-corrected chi connectivity index (χ3v) is 4.43. The smallest absolute Gasteiger partial charge is 0.321 e. The maximum atomic E-state index is 12.3. The maximum Gasteiger partial charge on any atom is 0.321 e. The summed E-state index contributed by atoms with van der Waals surface area (Å²) in [5.41, 5.74) is -0.522. The number of carbonyl (C=O) groups is 1. The molecule has 2 N–H and O–H groups in total. The van der Waals surface area contributed by atoms with Gasteiger partial charge in [0.1, 0.15) is 6.04 Å². The van der Waals surface area contributed by atoms with Crippen molar-refractivity contribution in [2.75, 3.05) is 7.11 Å². The molecule has 0 spiro atoms. The van der Waals surface area contributed by atoms with Crippen LogP contribution in [0.4, 0.5) is 5.69 Å². The van der Waals surface area contributed by atoms with E-state index >= 15 is 0 Å². The summed E-state index contributed by atoms with van der Waals surface area (Å²) in [5, 5.41) is 20.1. The van der Waals surface area contributed by atoms with Gasteiger partial charge in [-0.1, -0.05) is 13.8 Å². The lowest BCUT2D eigenvalue weighted by Crippen LogP contribution is -2.41. The second-order valence-electron chi connectivity index (χ2n) is 5.23. The molecule has 23 heavy (non-hydrogen) atoms. The number of carboxylic acids is 1. The van der Waals surface area contributed by atoms with Gasteiger partial charge in [-0.3, -0.25) is 14.9 Å². The molecule has 0 aliphatic carbocycles. The summed E-state index contributed by atoms with van der Waals surface area (Å²) in [6.45, 7) is 3.50. The molecule has 1 rings (SSSR count). The van der Waals surface area contributed by atoms with Gasteiger partial charge in [0.15, 0.2) is 5.75 Å². The Balaban J connectivity index is 3.20. The number of hydrogen-bond donors (Lipinski definition) is 2. The molecule has 1 atom stereocenters. The largest absolute Gasteiger partial charge is 0.490 e. The van der Waals surface area contributed by atoms with E-state index in [0.717, 1.165) is 18.2 Å². The van der Waals surface area contributed by atoms with Crippen molar-refractivity contribution in [3.63, 3.8) is 0 Å². The average Bonchev–Trinajstić information content (AvgIpc) is 2.44. The Morgan fingerprint density at radius 2 is 2.04 bits per heavy atom. The summed E-state index contributed by atoms with van der Waals surface area (Å²) >= 11 is 0. The van der Waals surface area contributed by atoms with Crippen molar-refractivity contribution in [3.05, 3.63) is 28.3 Å². The molecule has 0 unspecified atom stereocenters. The molecule has 0 radical (unpaired) electrons. The van der Waals surface area contributed by atoms with E-state index < -0.39 is 37.5 Å². The van der Waals surface area contributed by atoms with Gasteiger partial charge in [0.25, 0.3) is 0 Å². The second-order valence-corrected chi connectivity index (χ2v) is 6.95. The van der Waals surface area contributed by atoms with Gasteiger partial charge in [-0.05, 0) is 24.5 Å². The Kier molecular flexibility index (Phi) is 6.05. The molecule has 10 heteroatoms. The van der Waals surface area contributed by atoms with Crippen LogP contribution in [0.3, 0.4) is 0 Å². The normalized spacial score (nSPS) is 12.9. The van der Waals surface area contributed by atoms with E-state index in [4.69, 9.17) is 9.84 Å². The number of methoxy groups -OCH3 is 1. The molecular weight excluding hydrogens is 328 g/mol. The standard InChI is InChI=1S/C13H18N2O7S/c1-8(2)6-10(13(16)17)14-23(20,21)9-4-5-12(22-3)11(7-9)15(18)19/h4-5,7-8,10,14H,6H2,1-3H3,(H,16,17)/t10-/m1/s1. The van der Waals surface area contributed by atoms with Crippen LogP contribution < -0.4 is 9.46 Å². The quantitative estimate of drug-likeness (QED) is 0.536. The maximum absolute atomic E-state index is 12.3. The van der Waals surface area contributed by atoms with Crippen molar-refractivity contribution in [1.29, 1.82) is 0 Å². The molecule has 0 bridgehead atoms. The number of nitro benzene ring substituents is 1. The van der Waals surface area contributed by atoms with Gasteiger partial charge in [0.2, 0.25) is 10.0 Å². The summed E-state index contributed by atoms with van der Waals surface area (Å²) in [6, 6.07) is 1.77. The highest BCUT2D eigenvalue weighted by Crippen LogP contribution is 2.29. The van der Waals surface area contributed by atoms with E-state index in [2.05, 4.69) is 4.72 Å². The minimum absolute atomic E-state index is 0.0518. The highest BCUT2D eigenvalue weighted by atomic mass is 32.2. The van der Waals surface area contributed by atoms with Crippen LogP contribution in [0, 0.1) is 16.0 Å². The van der Waals surface area contributed by atoms with E-state index in [9.17, 15) is 23.3 Å². The van der Waals surface area contributed by atoms with Crippen molar-refractivity contribution in [1.82, 2.24) is 4.72 Å². The second kappa shape index (κ2) is 7.38. The Morgan fingerprint density at radius 1 is 1.43 bits per heavy atom. The average molecular weight is 346 g/mol. The minimum Gasteiger partial charge on any atom is -0.490 e. The van der Waals surface area contributed by atoms with Crippen LogP contribution in [0.2, 0.25) is 0 Å². The fourth-order valence-corrected chi connectivity index (χ4v) is 3.13. The van der Waals surface area contributed by atoms with Crippen LogP contribution in [0.15, 0.2) is 23.1 Å². The van der Waals surface area contributed by atoms with Crippen molar-refractivity contribution in [3.8, 4) is 5.75 Å². The summed E-state index contributed by atoms with van der Waals surface area (Å²) < 4.78 is 31.4. The lowest BCUT2D eigenvalue weighted by atomic mass is 10.1. The number of aliphatic carboxylic acids is 1. The van der Waals surface area contributed by atoms with Gasteiger partial charge in [-0.2, -0.15) is 4.72 Å². The zero-order valence-corrected chi connectivity index (χ0v) is 13.7. The number of benzene rings is 1. The van der Waals surface area contributed by atoms with E-state index in [1.165, 1.54) is 7.11 Å². The molecular formula is C13H18N2O7S. The Morgan fingerprint density at radius 3 is 2.48 bits per heavy atom. The zero-order valence-electron chi connectivity index (χ0n) is 12.8. The number of nitrogens with one attached hydrogen (secondary N) is 1. The molecule has 0 aliphatic rings. The van der Waals surface area contributed by atoms with E-state index in [1.807, 2.05) is 0 Å².